The molecule has 1 amide bonds. The second-order valence-electron chi connectivity index (χ2n) is 5.09. The summed E-state index contributed by atoms with van der Waals surface area (Å²) in [5.74, 6) is -1.05. The van der Waals surface area contributed by atoms with Crippen LogP contribution >= 0.6 is 0 Å². The lowest BCUT2D eigenvalue weighted by Gasteiger charge is -2.14. The van der Waals surface area contributed by atoms with Gasteiger partial charge in [0.15, 0.2) is 17.6 Å². The Balaban J connectivity index is 1.96. The maximum absolute atomic E-state index is 12.3. The van der Waals surface area contributed by atoms with Crippen LogP contribution in [0.3, 0.4) is 0 Å². The molecule has 9 heteroatoms. The Labute approximate surface area is 147 Å². The summed E-state index contributed by atoms with van der Waals surface area (Å²) in [5.41, 5.74) is 0.0224. The van der Waals surface area contributed by atoms with E-state index in [1.54, 1.807) is 12.1 Å². The van der Waals surface area contributed by atoms with Gasteiger partial charge in [0.25, 0.3) is 5.91 Å². The molecule has 2 rings (SSSR count). The SMILES string of the molecule is COc1cc(C(=O)O[C@H](C)C(=O)NCc2ccco2)ccc1OC(F)F. The molecule has 26 heavy (non-hydrogen) atoms. The van der Waals surface area contributed by atoms with Gasteiger partial charge in [-0.05, 0) is 37.3 Å². The highest BCUT2D eigenvalue weighted by Gasteiger charge is 2.20. The van der Waals surface area contributed by atoms with Gasteiger partial charge >= 0.3 is 12.6 Å². The summed E-state index contributed by atoms with van der Waals surface area (Å²) in [6, 6.07) is 6.94. The van der Waals surface area contributed by atoms with E-state index < -0.39 is 24.6 Å². The Morgan fingerprint density at radius 1 is 1.23 bits per heavy atom. The van der Waals surface area contributed by atoms with Gasteiger partial charge in [-0.15, -0.1) is 0 Å². The van der Waals surface area contributed by atoms with E-state index in [0.717, 1.165) is 6.07 Å². The topological polar surface area (TPSA) is 87.0 Å². The molecule has 0 bridgehead atoms. The normalized spacial score (nSPS) is 11.7. The van der Waals surface area contributed by atoms with Gasteiger partial charge in [0.2, 0.25) is 0 Å². The third-order valence-corrected chi connectivity index (χ3v) is 3.29. The van der Waals surface area contributed by atoms with Gasteiger partial charge in [-0.25, -0.2) is 4.79 Å². The van der Waals surface area contributed by atoms with E-state index in [-0.39, 0.29) is 23.6 Å². The number of methoxy groups -OCH3 is 1. The summed E-state index contributed by atoms with van der Waals surface area (Å²) >= 11 is 0. The van der Waals surface area contributed by atoms with E-state index >= 15 is 0 Å². The molecule has 1 aromatic carbocycles. The smallest absolute Gasteiger partial charge is 0.387 e. The molecule has 1 aromatic heterocycles. The van der Waals surface area contributed by atoms with Gasteiger partial charge in [-0.3, -0.25) is 4.79 Å². The largest absolute Gasteiger partial charge is 0.493 e. The highest BCUT2D eigenvalue weighted by molar-refractivity contribution is 5.92. The van der Waals surface area contributed by atoms with Crippen LogP contribution in [0.5, 0.6) is 11.5 Å². The number of esters is 1. The Hall–Kier alpha value is -3.10. The molecular formula is C17H17F2NO6. The first-order chi connectivity index (χ1) is 12.4. The molecule has 0 fully saturated rings. The minimum atomic E-state index is -3.03. The van der Waals surface area contributed by atoms with Crippen molar-refractivity contribution < 1.29 is 37.0 Å². The van der Waals surface area contributed by atoms with Gasteiger partial charge in [-0.1, -0.05) is 0 Å². The number of halogens is 2. The molecule has 1 heterocycles. The van der Waals surface area contributed by atoms with Gasteiger partial charge in [-0.2, -0.15) is 8.78 Å². The zero-order chi connectivity index (χ0) is 19.1. The van der Waals surface area contributed by atoms with Gasteiger partial charge in [0.05, 0.1) is 25.5 Å². The molecule has 0 saturated heterocycles. The molecule has 1 atom stereocenters. The fourth-order valence-electron chi connectivity index (χ4n) is 2.00. The van der Waals surface area contributed by atoms with Crippen molar-refractivity contribution in [3.63, 3.8) is 0 Å². The number of hydrogen-bond acceptors (Lipinski definition) is 6. The molecule has 0 aliphatic heterocycles. The molecule has 7 nitrogen and oxygen atoms in total. The van der Waals surface area contributed by atoms with Gasteiger partial charge in [0, 0.05) is 0 Å². The summed E-state index contributed by atoms with van der Waals surface area (Å²) in [5, 5.41) is 2.56. The van der Waals surface area contributed by atoms with E-state index in [1.165, 1.54) is 32.4 Å². The number of hydrogen-bond donors (Lipinski definition) is 1. The fraction of sp³-hybridized carbons (Fsp3) is 0.294. The summed E-state index contributed by atoms with van der Waals surface area (Å²) in [4.78, 5) is 24.1. The summed E-state index contributed by atoms with van der Waals surface area (Å²) < 4.78 is 43.9. The lowest BCUT2D eigenvalue weighted by Crippen LogP contribution is -2.35. The number of carbonyl (C=O) groups is 2. The minimum Gasteiger partial charge on any atom is -0.493 e. The van der Waals surface area contributed by atoms with Crippen molar-refractivity contribution in [3.8, 4) is 11.5 Å². The summed E-state index contributed by atoms with van der Waals surface area (Å²) in [6.45, 7) is -1.47. The van der Waals surface area contributed by atoms with Crippen LogP contribution in [0.15, 0.2) is 41.0 Å². The molecule has 1 N–H and O–H groups in total. The van der Waals surface area contributed by atoms with E-state index in [1.807, 2.05) is 0 Å². The first kappa shape index (κ1) is 19.2. The second-order valence-corrected chi connectivity index (χ2v) is 5.09. The minimum absolute atomic E-state index is 0.0224. The van der Waals surface area contributed by atoms with Crippen molar-refractivity contribution in [2.75, 3.05) is 7.11 Å². The first-order valence-electron chi connectivity index (χ1n) is 7.54. The van der Waals surface area contributed by atoms with Crippen molar-refractivity contribution in [2.45, 2.75) is 26.2 Å². The first-order valence-corrected chi connectivity index (χ1v) is 7.54. The van der Waals surface area contributed by atoms with E-state index in [2.05, 4.69) is 10.1 Å². The third-order valence-electron chi connectivity index (χ3n) is 3.29. The zero-order valence-corrected chi connectivity index (χ0v) is 14.0. The number of carbonyl (C=O) groups excluding carboxylic acids is 2. The number of benzene rings is 1. The maximum atomic E-state index is 12.3. The van der Waals surface area contributed by atoms with Crippen molar-refractivity contribution in [2.24, 2.45) is 0 Å². The van der Waals surface area contributed by atoms with E-state index in [4.69, 9.17) is 13.9 Å². The molecule has 0 radical (unpaired) electrons. The third kappa shape index (κ3) is 5.20. The molecule has 140 valence electrons. The van der Waals surface area contributed by atoms with Crippen LogP contribution in [0.25, 0.3) is 0 Å². The number of furan rings is 1. The number of nitrogens with one attached hydrogen (secondary N) is 1. The number of ether oxygens (including phenoxy) is 3. The van der Waals surface area contributed by atoms with Crippen LogP contribution in [0.2, 0.25) is 0 Å². The number of rotatable bonds is 8. The lowest BCUT2D eigenvalue weighted by atomic mass is 10.2. The Morgan fingerprint density at radius 3 is 2.62 bits per heavy atom. The quantitative estimate of drug-likeness (QED) is 0.720. The van der Waals surface area contributed by atoms with Crippen LogP contribution in [-0.4, -0.2) is 31.7 Å². The van der Waals surface area contributed by atoms with E-state index in [0.29, 0.717) is 5.76 Å². The monoisotopic (exact) mass is 369 g/mol. The molecule has 0 aliphatic carbocycles. The second kappa shape index (κ2) is 8.84. The van der Waals surface area contributed by atoms with Crippen molar-refractivity contribution in [1.82, 2.24) is 5.32 Å². The van der Waals surface area contributed by atoms with Crippen LogP contribution in [0.1, 0.15) is 23.0 Å². The number of alkyl halides is 2. The van der Waals surface area contributed by atoms with Crippen LogP contribution < -0.4 is 14.8 Å². The molecule has 0 saturated carbocycles. The molecular weight excluding hydrogens is 352 g/mol. The van der Waals surface area contributed by atoms with Crippen LogP contribution in [0.4, 0.5) is 8.78 Å². The van der Waals surface area contributed by atoms with Crippen molar-refractivity contribution in [3.05, 3.63) is 47.9 Å². The molecule has 0 unspecified atom stereocenters. The average molecular weight is 369 g/mol. The maximum Gasteiger partial charge on any atom is 0.387 e. The van der Waals surface area contributed by atoms with Crippen molar-refractivity contribution >= 4 is 11.9 Å². The lowest BCUT2D eigenvalue weighted by molar-refractivity contribution is -0.129. The Kier molecular flexibility index (Phi) is 6.54. The Bertz CT molecular complexity index is 748. The summed E-state index contributed by atoms with van der Waals surface area (Å²) in [6.07, 6.45) is 0.403. The van der Waals surface area contributed by atoms with Crippen LogP contribution in [0, 0.1) is 0 Å². The highest BCUT2D eigenvalue weighted by atomic mass is 19.3. The Morgan fingerprint density at radius 2 is 2.00 bits per heavy atom. The highest BCUT2D eigenvalue weighted by Crippen LogP contribution is 2.29. The number of amides is 1. The molecule has 0 spiro atoms. The molecule has 2 aromatic rings. The van der Waals surface area contributed by atoms with Gasteiger partial charge in [0.1, 0.15) is 5.76 Å². The van der Waals surface area contributed by atoms with Crippen LogP contribution in [-0.2, 0) is 16.1 Å². The predicted molar refractivity (Wildman–Crippen MR) is 85.1 cm³/mol. The average Bonchev–Trinajstić information content (AvgIpc) is 3.12. The van der Waals surface area contributed by atoms with E-state index in [9.17, 15) is 18.4 Å². The van der Waals surface area contributed by atoms with Crippen molar-refractivity contribution in [1.29, 1.82) is 0 Å². The fourth-order valence-corrected chi connectivity index (χ4v) is 2.00. The predicted octanol–water partition coefficient (Wildman–Crippen LogP) is 2.75. The summed E-state index contributed by atoms with van der Waals surface area (Å²) in [7, 11) is 1.24. The van der Waals surface area contributed by atoms with Gasteiger partial charge < -0.3 is 23.9 Å². The molecule has 0 aliphatic rings. The zero-order valence-electron chi connectivity index (χ0n) is 14.0. The standard InChI is InChI=1S/C17H17F2NO6/c1-10(15(21)20-9-12-4-3-7-24-12)25-16(22)11-5-6-13(26-17(18)19)14(8-11)23-2/h3-8,10,17H,9H2,1-2H3,(H,20,21)/t10-/m1/s1.